The summed E-state index contributed by atoms with van der Waals surface area (Å²) in [6, 6.07) is 0. The normalized spacial score (nSPS) is 16.8. The van der Waals surface area contributed by atoms with Crippen LogP contribution in [0.25, 0.3) is 0 Å². The number of hydrogen-bond acceptors (Lipinski definition) is 4. The summed E-state index contributed by atoms with van der Waals surface area (Å²) in [4.78, 5) is 11.5. The Morgan fingerprint density at radius 2 is 2.11 bits per heavy atom. The molecule has 0 aliphatic carbocycles. The van der Waals surface area contributed by atoms with Crippen molar-refractivity contribution in [2.24, 2.45) is 5.92 Å². The Balaban J connectivity index is 1.90. The van der Waals surface area contributed by atoms with E-state index in [1.807, 2.05) is 0 Å². The smallest absolute Gasteiger partial charge is 0.246 e. The van der Waals surface area contributed by atoms with Crippen molar-refractivity contribution in [3.05, 3.63) is 0 Å². The average molecular weight is 272 g/mol. The molecule has 112 valence electrons. The molecular weight excluding hydrogens is 244 g/mol. The first-order valence-corrected chi connectivity index (χ1v) is 7.35. The van der Waals surface area contributed by atoms with Gasteiger partial charge >= 0.3 is 0 Å². The molecule has 1 saturated heterocycles. The summed E-state index contributed by atoms with van der Waals surface area (Å²) >= 11 is 0. The summed E-state index contributed by atoms with van der Waals surface area (Å²) in [6.45, 7) is 8.54. The van der Waals surface area contributed by atoms with Crippen molar-refractivity contribution in [3.8, 4) is 0 Å². The molecule has 0 aromatic heterocycles. The highest BCUT2D eigenvalue weighted by molar-refractivity contribution is 5.77. The fraction of sp³-hybridized carbons (Fsp3) is 0.929. The predicted molar refractivity (Wildman–Crippen MR) is 75.1 cm³/mol. The van der Waals surface area contributed by atoms with Crippen molar-refractivity contribution in [3.63, 3.8) is 0 Å². The second kappa shape index (κ2) is 10.2. The Hall–Kier alpha value is -0.650. The SMILES string of the molecule is CC(C)COCCCNC(=O)COC1CCNCC1. The molecular formula is C14H28N2O3. The molecule has 5 heteroatoms. The predicted octanol–water partition coefficient (Wildman–Crippen LogP) is 0.934. The lowest BCUT2D eigenvalue weighted by molar-refractivity contribution is -0.128. The molecule has 1 heterocycles. The van der Waals surface area contributed by atoms with Crippen molar-refractivity contribution in [1.82, 2.24) is 10.6 Å². The van der Waals surface area contributed by atoms with Crippen LogP contribution in [0.3, 0.4) is 0 Å². The molecule has 19 heavy (non-hydrogen) atoms. The Labute approximate surface area is 116 Å². The first-order valence-electron chi connectivity index (χ1n) is 7.35. The minimum absolute atomic E-state index is 0.0256. The van der Waals surface area contributed by atoms with Crippen LogP contribution in [0.1, 0.15) is 33.1 Å². The van der Waals surface area contributed by atoms with Crippen LogP contribution in [0.4, 0.5) is 0 Å². The molecule has 1 aliphatic heterocycles. The van der Waals surface area contributed by atoms with Gasteiger partial charge < -0.3 is 20.1 Å². The van der Waals surface area contributed by atoms with Gasteiger partial charge in [-0.3, -0.25) is 4.79 Å². The number of hydrogen-bond donors (Lipinski definition) is 2. The monoisotopic (exact) mass is 272 g/mol. The van der Waals surface area contributed by atoms with E-state index >= 15 is 0 Å². The van der Waals surface area contributed by atoms with E-state index in [0.29, 0.717) is 19.1 Å². The van der Waals surface area contributed by atoms with Crippen LogP contribution in [0.5, 0.6) is 0 Å². The van der Waals surface area contributed by atoms with Crippen LogP contribution in [0.15, 0.2) is 0 Å². The third kappa shape index (κ3) is 8.97. The second-order valence-electron chi connectivity index (χ2n) is 5.43. The highest BCUT2D eigenvalue weighted by atomic mass is 16.5. The van der Waals surface area contributed by atoms with Gasteiger partial charge in [-0.25, -0.2) is 0 Å². The van der Waals surface area contributed by atoms with Gasteiger partial charge in [0.1, 0.15) is 6.61 Å². The number of carbonyl (C=O) groups is 1. The lowest BCUT2D eigenvalue weighted by atomic mass is 10.1. The summed E-state index contributed by atoms with van der Waals surface area (Å²) in [5.74, 6) is 0.537. The van der Waals surface area contributed by atoms with Crippen molar-refractivity contribution >= 4 is 5.91 Å². The zero-order valence-electron chi connectivity index (χ0n) is 12.2. The second-order valence-corrected chi connectivity index (χ2v) is 5.43. The maximum absolute atomic E-state index is 11.5. The summed E-state index contributed by atoms with van der Waals surface area (Å²) in [5.41, 5.74) is 0. The maximum Gasteiger partial charge on any atom is 0.246 e. The standard InChI is InChI=1S/C14H28N2O3/c1-12(2)10-18-9-3-6-16-14(17)11-19-13-4-7-15-8-5-13/h12-13,15H,3-11H2,1-2H3,(H,16,17). The number of ether oxygens (including phenoxy) is 2. The van der Waals surface area contributed by atoms with Gasteiger partial charge in [0.05, 0.1) is 6.10 Å². The maximum atomic E-state index is 11.5. The Morgan fingerprint density at radius 1 is 1.37 bits per heavy atom. The van der Waals surface area contributed by atoms with Crippen LogP contribution < -0.4 is 10.6 Å². The van der Waals surface area contributed by atoms with Gasteiger partial charge in [-0.2, -0.15) is 0 Å². The minimum atomic E-state index is -0.0256. The number of amides is 1. The first-order chi connectivity index (χ1) is 9.18. The molecule has 1 amide bonds. The molecule has 1 fully saturated rings. The molecule has 0 radical (unpaired) electrons. The summed E-state index contributed by atoms with van der Waals surface area (Å²) in [6.07, 6.45) is 3.08. The van der Waals surface area contributed by atoms with Gasteiger partial charge in [-0.05, 0) is 38.3 Å². The summed E-state index contributed by atoms with van der Waals surface area (Å²) < 4.78 is 11.0. The van der Waals surface area contributed by atoms with Crippen molar-refractivity contribution in [2.75, 3.05) is 39.5 Å². The number of piperidine rings is 1. The lowest BCUT2D eigenvalue weighted by Gasteiger charge is -2.22. The molecule has 0 saturated carbocycles. The molecule has 1 aliphatic rings. The third-order valence-electron chi connectivity index (χ3n) is 2.98. The van der Waals surface area contributed by atoms with E-state index in [4.69, 9.17) is 9.47 Å². The van der Waals surface area contributed by atoms with Gasteiger partial charge in [-0.1, -0.05) is 13.8 Å². The zero-order chi connectivity index (χ0) is 13.9. The van der Waals surface area contributed by atoms with Gasteiger partial charge in [0, 0.05) is 19.8 Å². The van der Waals surface area contributed by atoms with E-state index in [1.54, 1.807) is 0 Å². The van der Waals surface area contributed by atoms with E-state index in [0.717, 1.165) is 39.0 Å². The number of carbonyl (C=O) groups excluding carboxylic acids is 1. The number of rotatable bonds is 9. The summed E-state index contributed by atoms with van der Waals surface area (Å²) in [5, 5.41) is 6.12. The van der Waals surface area contributed by atoms with E-state index in [2.05, 4.69) is 24.5 Å². The van der Waals surface area contributed by atoms with Crippen LogP contribution in [-0.2, 0) is 14.3 Å². The molecule has 0 spiro atoms. The molecule has 0 aromatic rings. The lowest BCUT2D eigenvalue weighted by Crippen LogP contribution is -2.36. The molecule has 5 nitrogen and oxygen atoms in total. The quantitative estimate of drug-likeness (QED) is 0.613. The van der Waals surface area contributed by atoms with Crippen molar-refractivity contribution in [1.29, 1.82) is 0 Å². The van der Waals surface area contributed by atoms with Gasteiger partial charge in [0.25, 0.3) is 0 Å². The van der Waals surface area contributed by atoms with E-state index in [-0.39, 0.29) is 18.6 Å². The molecule has 1 rings (SSSR count). The largest absolute Gasteiger partial charge is 0.381 e. The number of nitrogens with one attached hydrogen (secondary N) is 2. The van der Waals surface area contributed by atoms with Gasteiger partial charge in [0.2, 0.25) is 5.91 Å². The van der Waals surface area contributed by atoms with E-state index < -0.39 is 0 Å². The fourth-order valence-electron chi connectivity index (χ4n) is 1.93. The third-order valence-corrected chi connectivity index (χ3v) is 2.98. The van der Waals surface area contributed by atoms with Crippen molar-refractivity contribution < 1.29 is 14.3 Å². The molecule has 0 aromatic carbocycles. The Kier molecular flexibility index (Phi) is 8.79. The minimum Gasteiger partial charge on any atom is -0.381 e. The van der Waals surface area contributed by atoms with E-state index in [1.165, 1.54) is 0 Å². The molecule has 0 bridgehead atoms. The van der Waals surface area contributed by atoms with Crippen LogP contribution >= 0.6 is 0 Å². The highest BCUT2D eigenvalue weighted by Gasteiger charge is 2.14. The molecule has 0 atom stereocenters. The van der Waals surface area contributed by atoms with Crippen LogP contribution in [0.2, 0.25) is 0 Å². The summed E-state index contributed by atoms with van der Waals surface area (Å²) in [7, 11) is 0. The zero-order valence-corrected chi connectivity index (χ0v) is 12.2. The molecule has 2 N–H and O–H groups in total. The van der Waals surface area contributed by atoms with Gasteiger partial charge in [-0.15, -0.1) is 0 Å². The van der Waals surface area contributed by atoms with Gasteiger partial charge in [0.15, 0.2) is 0 Å². The molecule has 0 unspecified atom stereocenters. The van der Waals surface area contributed by atoms with E-state index in [9.17, 15) is 4.79 Å². The Bertz CT molecular complexity index is 241. The van der Waals surface area contributed by atoms with Crippen LogP contribution in [0, 0.1) is 5.92 Å². The Morgan fingerprint density at radius 3 is 2.79 bits per heavy atom. The van der Waals surface area contributed by atoms with Crippen molar-refractivity contribution in [2.45, 2.75) is 39.2 Å². The topological polar surface area (TPSA) is 59.6 Å². The average Bonchev–Trinajstić information content (AvgIpc) is 2.41. The van der Waals surface area contributed by atoms with Crippen LogP contribution in [-0.4, -0.2) is 51.5 Å². The first kappa shape index (κ1) is 16.4. The highest BCUT2D eigenvalue weighted by Crippen LogP contribution is 2.06. The fourth-order valence-corrected chi connectivity index (χ4v) is 1.93.